The van der Waals surface area contributed by atoms with E-state index in [2.05, 4.69) is 0 Å². The minimum absolute atomic E-state index is 0.136. The van der Waals surface area contributed by atoms with E-state index in [1.54, 1.807) is 19.1 Å². The van der Waals surface area contributed by atoms with Crippen LogP contribution in [0.4, 0.5) is 23.2 Å². The van der Waals surface area contributed by atoms with Crippen molar-refractivity contribution < 1.29 is 22.4 Å². The van der Waals surface area contributed by atoms with Gasteiger partial charge in [0.05, 0.1) is 0 Å². The van der Waals surface area contributed by atoms with Gasteiger partial charge >= 0.3 is 6.18 Å². The minimum atomic E-state index is -5.17. The summed E-state index contributed by atoms with van der Waals surface area (Å²) < 4.78 is 48.1. The fourth-order valence-electron chi connectivity index (χ4n) is 1.08. The summed E-state index contributed by atoms with van der Waals surface area (Å²) >= 11 is 0. The van der Waals surface area contributed by atoms with Crippen molar-refractivity contribution in [1.29, 1.82) is 0 Å². The molecule has 1 aromatic carbocycles. The fourth-order valence-corrected chi connectivity index (χ4v) is 1.08. The molecule has 1 atom stereocenters. The predicted molar refractivity (Wildman–Crippen MR) is 50.8 cm³/mol. The SMILES string of the molecule is Cc1cccc(NC(=O)[C@@H](F)C(F)(F)F)c1. The van der Waals surface area contributed by atoms with Crippen molar-refractivity contribution >= 4 is 11.6 Å². The van der Waals surface area contributed by atoms with Gasteiger partial charge in [0, 0.05) is 5.69 Å². The highest BCUT2D eigenvalue weighted by Crippen LogP contribution is 2.24. The van der Waals surface area contributed by atoms with Crippen molar-refractivity contribution in [2.45, 2.75) is 19.3 Å². The van der Waals surface area contributed by atoms with E-state index < -0.39 is 18.3 Å². The number of carbonyl (C=O) groups excluding carboxylic acids is 1. The summed E-state index contributed by atoms with van der Waals surface area (Å²) in [4.78, 5) is 10.9. The number of carbonyl (C=O) groups is 1. The van der Waals surface area contributed by atoms with Crippen molar-refractivity contribution in [3.05, 3.63) is 29.8 Å². The lowest BCUT2D eigenvalue weighted by molar-refractivity contribution is -0.183. The number of anilines is 1. The zero-order chi connectivity index (χ0) is 12.3. The van der Waals surface area contributed by atoms with Crippen molar-refractivity contribution in [3.63, 3.8) is 0 Å². The standard InChI is InChI=1S/C10H9F4NO/c1-6-3-2-4-7(5-6)15-9(16)8(11)10(12,13)14/h2-5,8H,1H3,(H,15,16)/t8-/m1/s1. The summed E-state index contributed by atoms with van der Waals surface area (Å²) in [6.45, 7) is 1.70. The van der Waals surface area contributed by atoms with Gasteiger partial charge in [0.2, 0.25) is 0 Å². The number of alkyl halides is 4. The highest BCUT2D eigenvalue weighted by atomic mass is 19.4. The van der Waals surface area contributed by atoms with Crippen LogP contribution >= 0.6 is 0 Å². The number of benzene rings is 1. The summed E-state index contributed by atoms with van der Waals surface area (Å²) in [6.07, 6.45) is -8.68. The number of hydrogen-bond donors (Lipinski definition) is 1. The van der Waals surface area contributed by atoms with Crippen LogP contribution in [-0.4, -0.2) is 18.3 Å². The number of aryl methyl sites for hydroxylation is 1. The second kappa shape index (κ2) is 4.51. The van der Waals surface area contributed by atoms with Gasteiger partial charge < -0.3 is 5.32 Å². The first-order valence-electron chi connectivity index (χ1n) is 4.39. The van der Waals surface area contributed by atoms with Crippen LogP contribution in [0.2, 0.25) is 0 Å². The monoisotopic (exact) mass is 235 g/mol. The van der Waals surface area contributed by atoms with Crippen molar-refractivity contribution in [3.8, 4) is 0 Å². The summed E-state index contributed by atoms with van der Waals surface area (Å²) in [5.74, 6) is -1.71. The van der Waals surface area contributed by atoms with Gasteiger partial charge in [-0.05, 0) is 24.6 Å². The average Bonchev–Trinajstić information content (AvgIpc) is 2.15. The van der Waals surface area contributed by atoms with Crippen LogP contribution in [0.15, 0.2) is 24.3 Å². The normalized spacial score (nSPS) is 13.3. The minimum Gasteiger partial charge on any atom is -0.323 e. The zero-order valence-corrected chi connectivity index (χ0v) is 8.31. The Kier molecular flexibility index (Phi) is 3.51. The number of rotatable bonds is 2. The second-order valence-electron chi connectivity index (χ2n) is 3.26. The molecule has 1 N–H and O–H groups in total. The third kappa shape index (κ3) is 3.22. The smallest absolute Gasteiger partial charge is 0.323 e. The lowest BCUT2D eigenvalue weighted by Crippen LogP contribution is -2.36. The van der Waals surface area contributed by atoms with Crippen LogP contribution in [0, 0.1) is 6.92 Å². The van der Waals surface area contributed by atoms with Crippen LogP contribution in [0.1, 0.15) is 5.56 Å². The maximum Gasteiger partial charge on any atom is 0.428 e. The molecule has 1 rings (SSSR count). The molecule has 88 valence electrons. The third-order valence-corrected chi connectivity index (χ3v) is 1.80. The Morgan fingerprint density at radius 2 is 2.00 bits per heavy atom. The molecule has 0 saturated heterocycles. The Balaban J connectivity index is 2.72. The first kappa shape index (κ1) is 12.5. The number of halogens is 4. The molecule has 1 amide bonds. The van der Waals surface area contributed by atoms with E-state index in [-0.39, 0.29) is 5.69 Å². The van der Waals surface area contributed by atoms with Gasteiger partial charge in [-0.1, -0.05) is 12.1 Å². The first-order valence-corrected chi connectivity index (χ1v) is 4.39. The second-order valence-corrected chi connectivity index (χ2v) is 3.26. The third-order valence-electron chi connectivity index (χ3n) is 1.80. The van der Waals surface area contributed by atoms with Gasteiger partial charge in [0.1, 0.15) is 0 Å². The Hall–Kier alpha value is -1.59. The predicted octanol–water partition coefficient (Wildman–Crippen LogP) is 2.83. The number of hydrogen-bond acceptors (Lipinski definition) is 1. The van der Waals surface area contributed by atoms with E-state index >= 15 is 0 Å². The highest BCUT2D eigenvalue weighted by Gasteiger charge is 2.45. The molecule has 0 aliphatic rings. The number of nitrogens with one attached hydrogen (secondary N) is 1. The van der Waals surface area contributed by atoms with Crippen LogP contribution in [0.3, 0.4) is 0 Å². The van der Waals surface area contributed by atoms with E-state index in [0.29, 0.717) is 0 Å². The molecular formula is C10H9F4NO. The van der Waals surface area contributed by atoms with E-state index in [1.165, 1.54) is 12.1 Å². The summed E-state index contributed by atoms with van der Waals surface area (Å²) in [5.41, 5.74) is 0.886. The number of amides is 1. The maximum atomic E-state index is 12.6. The van der Waals surface area contributed by atoms with Crippen LogP contribution in [0.5, 0.6) is 0 Å². The molecule has 0 fully saturated rings. The lowest BCUT2D eigenvalue weighted by Gasteiger charge is -2.12. The molecule has 0 unspecified atom stereocenters. The van der Waals surface area contributed by atoms with E-state index in [9.17, 15) is 22.4 Å². The van der Waals surface area contributed by atoms with Crippen LogP contribution in [-0.2, 0) is 4.79 Å². The Labute approximate surface area is 89.3 Å². The van der Waals surface area contributed by atoms with Gasteiger partial charge in [0.25, 0.3) is 12.1 Å². The average molecular weight is 235 g/mol. The zero-order valence-electron chi connectivity index (χ0n) is 8.31. The lowest BCUT2D eigenvalue weighted by atomic mass is 10.2. The molecule has 0 bridgehead atoms. The molecule has 2 nitrogen and oxygen atoms in total. The maximum absolute atomic E-state index is 12.6. The van der Waals surface area contributed by atoms with E-state index in [0.717, 1.165) is 5.56 Å². The van der Waals surface area contributed by atoms with Crippen molar-refractivity contribution in [2.24, 2.45) is 0 Å². The molecule has 0 saturated carbocycles. The molecule has 0 heterocycles. The van der Waals surface area contributed by atoms with Crippen LogP contribution < -0.4 is 5.32 Å². The Morgan fingerprint density at radius 1 is 1.38 bits per heavy atom. The Morgan fingerprint density at radius 3 is 2.50 bits per heavy atom. The quantitative estimate of drug-likeness (QED) is 0.784. The molecule has 0 aromatic heterocycles. The molecule has 0 aliphatic heterocycles. The fraction of sp³-hybridized carbons (Fsp3) is 0.300. The molecular weight excluding hydrogens is 226 g/mol. The van der Waals surface area contributed by atoms with Gasteiger partial charge in [-0.25, -0.2) is 4.39 Å². The molecule has 1 aromatic rings. The van der Waals surface area contributed by atoms with Gasteiger partial charge in [-0.3, -0.25) is 4.79 Å². The topological polar surface area (TPSA) is 29.1 Å². The molecule has 16 heavy (non-hydrogen) atoms. The van der Waals surface area contributed by atoms with Crippen molar-refractivity contribution in [2.75, 3.05) is 5.32 Å². The van der Waals surface area contributed by atoms with Crippen LogP contribution in [0.25, 0.3) is 0 Å². The molecule has 0 spiro atoms. The largest absolute Gasteiger partial charge is 0.428 e. The van der Waals surface area contributed by atoms with E-state index in [4.69, 9.17) is 0 Å². The van der Waals surface area contributed by atoms with Gasteiger partial charge in [-0.15, -0.1) is 0 Å². The summed E-state index contributed by atoms with van der Waals surface area (Å²) in [7, 11) is 0. The van der Waals surface area contributed by atoms with Gasteiger partial charge in [-0.2, -0.15) is 13.2 Å². The molecule has 0 aliphatic carbocycles. The molecule has 6 heteroatoms. The van der Waals surface area contributed by atoms with E-state index in [1.807, 2.05) is 5.32 Å². The Bertz CT molecular complexity index is 389. The highest BCUT2D eigenvalue weighted by molar-refractivity contribution is 5.94. The first-order chi connectivity index (χ1) is 7.30. The summed E-state index contributed by atoms with van der Waals surface area (Å²) in [6, 6.07) is 6.08. The van der Waals surface area contributed by atoms with Gasteiger partial charge in [0.15, 0.2) is 0 Å². The molecule has 0 radical (unpaired) electrons. The summed E-state index contributed by atoms with van der Waals surface area (Å²) in [5, 5.41) is 1.86. The van der Waals surface area contributed by atoms with Crippen molar-refractivity contribution in [1.82, 2.24) is 0 Å².